The molecular formula is C17H14FNOS. The molecule has 3 aromatic rings. The minimum Gasteiger partial charge on any atom is -0.311 e. The van der Waals surface area contributed by atoms with E-state index in [-0.39, 0.29) is 11.7 Å². The second kappa shape index (κ2) is 5.30. The van der Waals surface area contributed by atoms with Crippen molar-refractivity contribution in [2.24, 2.45) is 0 Å². The third-order valence-electron chi connectivity index (χ3n) is 3.55. The SMILES string of the molecule is Cc1c(C(=O)N(C)c2ccccc2)sc2cccc(F)c12. The summed E-state index contributed by atoms with van der Waals surface area (Å²) in [6.45, 7) is 1.80. The molecule has 0 fully saturated rings. The second-order valence-corrected chi connectivity index (χ2v) is 5.92. The smallest absolute Gasteiger partial charge is 0.268 e. The lowest BCUT2D eigenvalue weighted by molar-refractivity contribution is 0.0996. The first-order chi connectivity index (χ1) is 10.1. The van der Waals surface area contributed by atoms with Gasteiger partial charge in [-0.2, -0.15) is 0 Å². The Morgan fingerprint density at radius 2 is 1.81 bits per heavy atom. The monoisotopic (exact) mass is 299 g/mol. The lowest BCUT2D eigenvalue weighted by Crippen LogP contribution is -2.25. The van der Waals surface area contributed by atoms with E-state index in [0.29, 0.717) is 15.8 Å². The normalized spacial score (nSPS) is 10.8. The minimum atomic E-state index is -0.275. The van der Waals surface area contributed by atoms with E-state index in [9.17, 15) is 9.18 Å². The molecule has 21 heavy (non-hydrogen) atoms. The summed E-state index contributed by atoms with van der Waals surface area (Å²) < 4.78 is 14.7. The second-order valence-electron chi connectivity index (χ2n) is 4.87. The van der Waals surface area contributed by atoms with Crippen molar-refractivity contribution in [3.05, 3.63) is 64.8 Å². The highest BCUT2D eigenvalue weighted by atomic mass is 32.1. The van der Waals surface area contributed by atoms with Gasteiger partial charge in [0.2, 0.25) is 0 Å². The van der Waals surface area contributed by atoms with Gasteiger partial charge >= 0.3 is 0 Å². The van der Waals surface area contributed by atoms with Crippen LogP contribution in [0.1, 0.15) is 15.2 Å². The fraction of sp³-hybridized carbons (Fsp3) is 0.118. The number of aryl methyl sites for hydroxylation is 1. The van der Waals surface area contributed by atoms with Crippen LogP contribution in [0.2, 0.25) is 0 Å². The van der Waals surface area contributed by atoms with Crippen molar-refractivity contribution in [3.63, 3.8) is 0 Å². The number of fused-ring (bicyclic) bond motifs is 1. The molecule has 0 spiro atoms. The zero-order valence-corrected chi connectivity index (χ0v) is 12.6. The molecule has 0 aliphatic rings. The van der Waals surface area contributed by atoms with Crippen molar-refractivity contribution in [1.82, 2.24) is 0 Å². The molecule has 1 heterocycles. The first-order valence-corrected chi connectivity index (χ1v) is 7.42. The van der Waals surface area contributed by atoms with Crippen LogP contribution in [0.25, 0.3) is 10.1 Å². The minimum absolute atomic E-state index is 0.112. The number of hydrogen-bond donors (Lipinski definition) is 0. The third-order valence-corrected chi connectivity index (χ3v) is 4.79. The van der Waals surface area contributed by atoms with Crippen molar-refractivity contribution in [3.8, 4) is 0 Å². The molecule has 1 aromatic heterocycles. The Labute approximate surface area is 126 Å². The lowest BCUT2D eigenvalue weighted by Gasteiger charge is -2.16. The molecule has 2 aromatic carbocycles. The van der Waals surface area contributed by atoms with Crippen LogP contribution >= 0.6 is 11.3 Å². The van der Waals surface area contributed by atoms with Gasteiger partial charge in [0.05, 0.1) is 4.88 Å². The maximum Gasteiger partial charge on any atom is 0.268 e. The van der Waals surface area contributed by atoms with Gasteiger partial charge in [-0.15, -0.1) is 11.3 Å². The summed E-state index contributed by atoms with van der Waals surface area (Å²) in [4.78, 5) is 14.8. The number of rotatable bonds is 2. The third kappa shape index (κ3) is 2.32. The molecule has 0 saturated heterocycles. The maximum atomic E-state index is 13.9. The lowest BCUT2D eigenvalue weighted by atomic mass is 10.1. The van der Waals surface area contributed by atoms with Crippen LogP contribution in [0.4, 0.5) is 10.1 Å². The van der Waals surface area contributed by atoms with E-state index < -0.39 is 0 Å². The first-order valence-electron chi connectivity index (χ1n) is 6.60. The van der Waals surface area contributed by atoms with Gasteiger partial charge < -0.3 is 4.90 Å². The van der Waals surface area contributed by atoms with Crippen LogP contribution in [-0.2, 0) is 0 Å². The van der Waals surface area contributed by atoms with E-state index in [1.165, 1.54) is 17.4 Å². The Hall–Kier alpha value is -2.20. The number of para-hydroxylation sites is 1. The molecule has 0 atom stereocenters. The standard InChI is InChI=1S/C17H14FNOS/c1-11-15-13(18)9-6-10-14(15)21-16(11)17(20)19(2)12-7-4-3-5-8-12/h3-10H,1-2H3. The topological polar surface area (TPSA) is 20.3 Å². The average Bonchev–Trinajstić information content (AvgIpc) is 2.85. The van der Waals surface area contributed by atoms with Crippen molar-refractivity contribution >= 4 is 33.0 Å². The van der Waals surface area contributed by atoms with Crippen LogP contribution in [0.3, 0.4) is 0 Å². The van der Waals surface area contributed by atoms with Crippen molar-refractivity contribution < 1.29 is 9.18 Å². The summed E-state index contributed by atoms with van der Waals surface area (Å²) in [5.41, 5.74) is 1.53. The molecule has 0 aliphatic heterocycles. The molecule has 0 aliphatic carbocycles. The van der Waals surface area contributed by atoms with E-state index in [4.69, 9.17) is 0 Å². The molecule has 4 heteroatoms. The summed E-state index contributed by atoms with van der Waals surface area (Å²) >= 11 is 1.34. The highest BCUT2D eigenvalue weighted by Crippen LogP contribution is 2.33. The van der Waals surface area contributed by atoms with E-state index in [1.807, 2.05) is 36.4 Å². The van der Waals surface area contributed by atoms with E-state index in [0.717, 1.165) is 10.4 Å². The van der Waals surface area contributed by atoms with Crippen LogP contribution < -0.4 is 4.90 Å². The zero-order chi connectivity index (χ0) is 15.0. The molecule has 0 bridgehead atoms. The summed E-state index contributed by atoms with van der Waals surface area (Å²) in [7, 11) is 1.73. The summed E-state index contributed by atoms with van der Waals surface area (Å²) in [5.74, 6) is -0.387. The van der Waals surface area contributed by atoms with Crippen LogP contribution in [-0.4, -0.2) is 13.0 Å². The van der Waals surface area contributed by atoms with Gasteiger partial charge in [-0.3, -0.25) is 4.79 Å². The first kappa shape index (κ1) is 13.8. The number of halogens is 1. The number of anilines is 1. The molecule has 2 nitrogen and oxygen atoms in total. The summed E-state index contributed by atoms with van der Waals surface area (Å²) in [6, 6.07) is 14.4. The number of carbonyl (C=O) groups excluding carboxylic acids is 1. The number of thiophene rings is 1. The molecule has 0 radical (unpaired) electrons. The number of carbonyl (C=O) groups is 1. The molecule has 3 rings (SSSR count). The van der Waals surface area contributed by atoms with Crippen molar-refractivity contribution in [2.45, 2.75) is 6.92 Å². The molecular weight excluding hydrogens is 285 g/mol. The zero-order valence-electron chi connectivity index (χ0n) is 11.8. The van der Waals surface area contributed by atoms with Gasteiger partial charge in [0.1, 0.15) is 5.82 Å². The van der Waals surface area contributed by atoms with Gasteiger partial charge in [-0.05, 0) is 36.8 Å². The Morgan fingerprint density at radius 1 is 1.10 bits per heavy atom. The largest absolute Gasteiger partial charge is 0.311 e. The highest BCUT2D eigenvalue weighted by molar-refractivity contribution is 7.21. The van der Waals surface area contributed by atoms with E-state index in [2.05, 4.69) is 0 Å². The quantitative estimate of drug-likeness (QED) is 0.676. The Bertz CT molecular complexity index is 810. The maximum absolute atomic E-state index is 13.9. The van der Waals surface area contributed by atoms with Gasteiger partial charge in [0.25, 0.3) is 5.91 Å². The van der Waals surface area contributed by atoms with Gasteiger partial charge in [-0.1, -0.05) is 24.3 Å². The predicted octanol–water partition coefficient (Wildman–Crippen LogP) is 4.63. The van der Waals surface area contributed by atoms with E-state index in [1.54, 1.807) is 24.9 Å². The molecule has 1 amide bonds. The van der Waals surface area contributed by atoms with Crippen molar-refractivity contribution in [1.29, 1.82) is 0 Å². The van der Waals surface area contributed by atoms with Crippen LogP contribution in [0, 0.1) is 12.7 Å². The van der Waals surface area contributed by atoms with Gasteiger partial charge in [0.15, 0.2) is 0 Å². The Balaban J connectivity index is 2.06. The molecule has 0 saturated carbocycles. The fourth-order valence-electron chi connectivity index (χ4n) is 2.38. The predicted molar refractivity (Wildman–Crippen MR) is 85.7 cm³/mol. The average molecular weight is 299 g/mol. The van der Waals surface area contributed by atoms with Gasteiger partial charge in [-0.25, -0.2) is 4.39 Å². The summed E-state index contributed by atoms with van der Waals surface area (Å²) in [5, 5.41) is 0.548. The van der Waals surface area contributed by atoms with Crippen LogP contribution in [0.5, 0.6) is 0 Å². The Kier molecular flexibility index (Phi) is 3.47. The number of nitrogens with zero attached hydrogens (tertiary/aromatic N) is 1. The van der Waals surface area contributed by atoms with Crippen molar-refractivity contribution in [2.75, 3.05) is 11.9 Å². The fourth-order valence-corrected chi connectivity index (χ4v) is 3.58. The molecule has 106 valence electrons. The number of benzene rings is 2. The Morgan fingerprint density at radius 3 is 2.48 bits per heavy atom. The molecule has 0 N–H and O–H groups in total. The van der Waals surface area contributed by atoms with E-state index >= 15 is 0 Å². The highest BCUT2D eigenvalue weighted by Gasteiger charge is 2.21. The molecule has 0 unspecified atom stereocenters. The van der Waals surface area contributed by atoms with Gasteiger partial charge in [0, 0.05) is 22.8 Å². The van der Waals surface area contributed by atoms with Crippen LogP contribution in [0.15, 0.2) is 48.5 Å². The number of amides is 1. The summed E-state index contributed by atoms with van der Waals surface area (Å²) in [6.07, 6.45) is 0. The number of hydrogen-bond acceptors (Lipinski definition) is 2.